The molecule has 2 aliphatic rings. The van der Waals surface area contributed by atoms with E-state index in [-0.39, 0.29) is 5.91 Å². The first-order valence-corrected chi connectivity index (χ1v) is 8.34. The number of anilines is 1. The maximum Gasteiger partial charge on any atom is 0.233 e. The van der Waals surface area contributed by atoms with Crippen molar-refractivity contribution < 1.29 is 4.79 Å². The van der Waals surface area contributed by atoms with Gasteiger partial charge in [-0.15, -0.1) is 0 Å². The Bertz CT molecular complexity index is 592. The molecule has 0 N–H and O–H groups in total. The van der Waals surface area contributed by atoms with E-state index in [1.807, 2.05) is 24.0 Å². The summed E-state index contributed by atoms with van der Waals surface area (Å²) in [5.74, 6) is 0.801. The molecule has 6 nitrogen and oxygen atoms in total. The maximum atomic E-state index is 12.5. The molecule has 0 aliphatic carbocycles. The number of carbonyl (C=O) groups is 1. The Morgan fingerprint density at radius 2 is 1.96 bits per heavy atom. The van der Waals surface area contributed by atoms with Crippen LogP contribution in [-0.4, -0.2) is 72.7 Å². The van der Waals surface area contributed by atoms with E-state index in [2.05, 4.69) is 26.8 Å². The number of hydrogen-bond donors (Lipinski definition) is 0. The fourth-order valence-corrected chi connectivity index (χ4v) is 3.12. The molecule has 0 saturated carbocycles. The van der Waals surface area contributed by atoms with Crippen molar-refractivity contribution in [3.63, 3.8) is 0 Å². The highest BCUT2D eigenvalue weighted by molar-refractivity contribution is 6.10. The third kappa shape index (κ3) is 3.95. The molecule has 1 aromatic rings. The van der Waals surface area contributed by atoms with Gasteiger partial charge in [0.25, 0.3) is 0 Å². The SMILES string of the molecule is CC1=Nc2cccnc2N(CCCN2CCN(C)CC2)C(=O)C1. The van der Waals surface area contributed by atoms with Gasteiger partial charge in [0.2, 0.25) is 5.91 Å². The predicted molar refractivity (Wildman–Crippen MR) is 92.5 cm³/mol. The number of hydrogen-bond acceptors (Lipinski definition) is 5. The first-order valence-electron chi connectivity index (χ1n) is 8.34. The van der Waals surface area contributed by atoms with Crippen molar-refractivity contribution in [2.75, 3.05) is 51.2 Å². The van der Waals surface area contributed by atoms with Crippen LogP contribution in [-0.2, 0) is 4.79 Å². The lowest BCUT2D eigenvalue weighted by molar-refractivity contribution is -0.117. The number of fused-ring (bicyclic) bond motifs is 1. The zero-order chi connectivity index (χ0) is 16.2. The maximum absolute atomic E-state index is 12.5. The van der Waals surface area contributed by atoms with Crippen LogP contribution in [0.3, 0.4) is 0 Å². The minimum atomic E-state index is 0.0991. The van der Waals surface area contributed by atoms with E-state index in [1.165, 1.54) is 0 Å². The van der Waals surface area contributed by atoms with Gasteiger partial charge in [0.1, 0.15) is 5.69 Å². The molecule has 0 atom stereocenters. The van der Waals surface area contributed by atoms with E-state index in [1.54, 1.807) is 6.20 Å². The summed E-state index contributed by atoms with van der Waals surface area (Å²) in [6, 6.07) is 3.80. The van der Waals surface area contributed by atoms with Crippen LogP contribution in [0.5, 0.6) is 0 Å². The van der Waals surface area contributed by atoms with Crippen molar-refractivity contribution in [2.24, 2.45) is 4.99 Å². The number of rotatable bonds is 4. The largest absolute Gasteiger partial charge is 0.304 e. The quantitative estimate of drug-likeness (QED) is 0.846. The Morgan fingerprint density at radius 1 is 1.17 bits per heavy atom. The number of aliphatic imine (C=N–C) groups is 1. The molecule has 1 amide bonds. The van der Waals surface area contributed by atoms with Gasteiger partial charge in [0, 0.05) is 44.6 Å². The molecule has 0 radical (unpaired) electrons. The molecule has 1 aromatic heterocycles. The summed E-state index contributed by atoms with van der Waals surface area (Å²) in [4.78, 5) is 28.1. The van der Waals surface area contributed by atoms with E-state index in [9.17, 15) is 4.79 Å². The first-order chi connectivity index (χ1) is 11.1. The topological polar surface area (TPSA) is 52.0 Å². The Hall–Kier alpha value is -1.79. The predicted octanol–water partition coefficient (Wildman–Crippen LogP) is 1.55. The summed E-state index contributed by atoms with van der Waals surface area (Å²) in [6.07, 6.45) is 3.07. The number of nitrogens with zero attached hydrogens (tertiary/aromatic N) is 5. The van der Waals surface area contributed by atoms with Crippen molar-refractivity contribution in [3.8, 4) is 0 Å². The van der Waals surface area contributed by atoms with E-state index >= 15 is 0 Å². The summed E-state index contributed by atoms with van der Waals surface area (Å²) in [7, 11) is 2.16. The second-order valence-corrected chi connectivity index (χ2v) is 6.41. The average molecular weight is 315 g/mol. The molecule has 1 saturated heterocycles. The second kappa shape index (κ2) is 7.19. The molecule has 3 heterocycles. The van der Waals surface area contributed by atoms with Gasteiger partial charge in [-0.3, -0.25) is 14.7 Å². The summed E-state index contributed by atoms with van der Waals surface area (Å²) < 4.78 is 0. The molecule has 0 unspecified atom stereocenters. The molecule has 1 fully saturated rings. The molecule has 124 valence electrons. The summed E-state index contributed by atoms with van der Waals surface area (Å²) >= 11 is 0. The molecule has 3 rings (SSSR count). The molecule has 0 spiro atoms. The van der Waals surface area contributed by atoms with Gasteiger partial charge in [-0.1, -0.05) is 0 Å². The zero-order valence-corrected chi connectivity index (χ0v) is 14.0. The van der Waals surface area contributed by atoms with Crippen LogP contribution in [0.15, 0.2) is 23.3 Å². The molecular formula is C17H25N5O. The summed E-state index contributed by atoms with van der Waals surface area (Å²) in [5.41, 5.74) is 1.65. The van der Waals surface area contributed by atoms with Gasteiger partial charge in [-0.2, -0.15) is 0 Å². The van der Waals surface area contributed by atoms with Crippen LogP contribution in [0.4, 0.5) is 11.5 Å². The van der Waals surface area contributed by atoms with Gasteiger partial charge in [0.15, 0.2) is 5.82 Å². The number of aromatic nitrogens is 1. The minimum Gasteiger partial charge on any atom is -0.304 e. The van der Waals surface area contributed by atoms with Crippen LogP contribution in [0.1, 0.15) is 19.8 Å². The fourth-order valence-electron chi connectivity index (χ4n) is 3.12. The van der Waals surface area contributed by atoms with Crippen molar-refractivity contribution in [2.45, 2.75) is 19.8 Å². The van der Waals surface area contributed by atoms with Gasteiger partial charge in [-0.05, 0) is 39.1 Å². The smallest absolute Gasteiger partial charge is 0.233 e. The third-order valence-electron chi connectivity index (χ3n) is 4.49. The number of carbonyl (C=O) groups excluding carboxylic acids is 1. The average Bonchev–Trinajstić information content (AvgIpc) is 2.65. The summed E-state index contributed by atoms with van der Waals surface area (Å²) in [5, 5.41) is 0. The van der Waals surface area contributed by atoms with Crippen molar-refractivity contribution in [3.05, 3.63) is 18.3 Å². The lowest BCUT2D eigenvalue weighted by Crippen LogP contribution is -2.45. The van der Waals surface area contributed by atoms with Crippen LogP contribution < -0.4 is 4.90 Å². The van der Waals surface area contributed by atoms with E-state index in [4.69, 9.17) is 0 Å². The Labute approximate surface area is 137 Å². The lowest BCUT2D eigenvalue weighted by atomic mass is 10.2. The zero-order valence-electron chi connectivity index (χ0n) is 14.0. The summed E-state index contributed by atoms with van der Waals surface area (Å²) in [6.45, 7) is 8.11. The van der Waals surface area contributed by atoms with Gasteiger partial charge >= 0.3 is 0 Å². The number of pyridine rings is 1. The number of likely N-dealkylation sites (N-methyl/N-ethyl adjacent to an activating group) is 1. The Kier molecular flexibility index (Phi) is 5.03. The Morgan fingerprint density at radius 3 is 2.74 bits per heavy atom. The molecule has 23 heavy (non-hydrogen) atoms. The minimum absolute atomic E-state index is 0.0991. The molecule has 0 aromatic carbocycles. The monoisotopic (exact) mass is 315 g/mol. The molecular weight excluding hydrogens is 290 g/mol. The van der Waals surface area contributed by atoms with Crippen LogP contribution in [0.25, 0.3) is 0 Å². The van der Waals surface area contributed by atoms with Crippen molar-refractivity contribution in [1.29, 1.82) is 0 Å². The van der Waals surface area contributed by atoms with E-state index in [0.717, 1.165) is 50.5 Å². The van der Waals surface area contributed by atoms with Crippen molar-refractivity contribution >= 4 is 23.1 Å². The highest BCUT2D eigenvalue weighted by Gasteiger charge is 2.24. The first kappa shape index (κ1) is 16.1. The number of piperazine rings is 1. The lowest BCUT2D eigenvalue weighted by Gasteiger charge is -2.32. The highest BCUT2D eigenvalue weighted by atomic mass is 16.2. The molecule has 6 heteroatoms. The van der Waals surface area contributed by atoms with Gasteiger partial charge < -0.3 is 9.80 Å². The standard InChI is InChI=1S/C17H25N5O/c1-14-13-16(23)22(17-15(19-14)5-3-6-18-17)8-4-7-21-11-9-20(2)10-12-21/h3,5-6H,4,7-13H2,1-2H3. The normalized spacial score (nSPS) is 20.2. The fraction of sp³-hybridized carbons (Fsp3) is 0.588. The highest BCUT2D eigenvalue weighted by Crippen LogP contribution is 2.29. The third-order valence-corrected chi connectivity index (χ3v) is 4.49. The van der Waals surface area contributed by atoms with Crippen LogP contribution in [0, 0.1) is 0 Å². The second-order valence-electron chi connectivity index (χ2n) is 6.41. The van der Waals surface area contributed by atoms with E-state index in [0.29, 0.717) is 18.8 Å². The van der Waals surface area contributed by atoms with Gasteiger partial charge in [-0.25, -0.2) is 4.98 Å². The Balaban J connectivity index is 1.62. The number of amides is 1. The van der Waals surface area contributed by atoms with Crippen molar-refractivity contribution in [1.82, 2.24) is 14.8 Å². The van der Waals surface area contributed by atoms with Crippen LogP contribution >= 0.6 is 0 Å². The van der Waals surface area contributed by atoms with Crippen LogP contribution in [0.2, 0.25) is 0 Å². The molecule has 2 aliphatic heterocycles. The van der Waals surface area contributed by atoms with E-state index < -0.39 is 0 Å². The van der Waals surface area contributed by atoms with Gasteiger partial charge in [0.05, 0.1) is 6.42 Å². The molecule has 0 bridgehead atoms.